The Morgan fingerprint density at radius 1 is 1.12 bits per heavy atom. The lowest BCUT2D eigenvalue weighted by molar-refractivity contribution is -0.131. The number of amides is 2. The summed E-state index contributed by atoms with van der Waals surface area (Å²) in [7, 11) is 0. The van der Waals surface area contributed by atoms with Crippen molar-refractivity contribution in [2.45, 2.75) is 25.5 Å². The predicted molar refractivity (Wildman–Crippen MR) is 95.5 cm³/mol. The van der Waals surface area contributed by atoms with E-state index in [4.69, 9.17) is 10.5 Å². The van der Waals surface area contributed by atoms with Crippen molar-refractivity contribution in [3.63, 3.8) is 0 Å². The molecule has 0 saturated heterocycles. The van der Waals surface area contributed by atoms with Crippen LogP contribution in [0.2, 0.25) is 0 Å². The maximum atomic E-state index is 12.3. The first-order chi connectivity index (χ1) is 11.5. The van der Waals surface area contributed by atoms with Gasteiger partial charge in [-0.15, -0.1) is 0 Å². The molecule has 0 saturated carbocycles. The number of hydrogen-bond acceptors (Lipinski definition) is 3. The minimum Gasteiger partial charge on any atom is -0.481 e. The summed E-state index contributed by atoms with van der Waals surface area (Å²) in [6.45, 7) is 1.62. The molecule has 0 aromatic heterocycles. The zero-order valence-electron chi connectivity index (χ0n) is 13.2. The molecule has 0 aliphatic heterocycles. The fourth-order valence-corrected chi connectivity index (χ4v) is 2.40. The van der Waals surface area contributed by atoms with Crippen LogP contribution in [0.1, 0.15) is 12.5 Å². The molecular weight excluding hydrogens is 372 g/mol. The van der Waals surface area contributed by atoms with Crippen LogP contribution in [0.5, 0.6) is 5.75 Å². The number of benzene rings is 2. The van der Waals surface area contributed by atoms with Gasteiger partial charge in [0.1, 0.15) is 11.8 Å². The molecule has 0 heterocycles. The number of rotatable bonds is 7. The number of nitrogens with one attached hydrogen (secondary N) is 1. The number of carbonyl (C=O) groups is 2. The Morgan fingerprint density at radius 2 is 1.75 bits per heavy atom. The second kappa shape index (κ2) is 8.49. The lowest BCUT2D eigenvalue weighted by atomic mass is 10.1. The first kappa shape index (κ1) is 18.0. The van der Waals surface area contributed by atoms with Gasteiger partial charge in [-0.1, -0.05) is 46.3 Å². The summed E-state index contributed by atoms with van der Waals surface area (Å²) in [5.74, 6) is -0.403. The Kier molecular flexibility index (Phi) is 6.37. The molecule has 2 atom stereocenters. The molecular formula is C18H19BrN2O3. The summed E-state index contributed by atoms with van der Waals surface area (Å²) < 4.78 is 6.50. The summed E-state index contributed by atoms with van der Waals surface area (Å²) in [6.07, 6.45) is -0.406. The highest BCUT2D eigenvalue weighted by molar-refractivity contribution is 9.10. The monoisotopic (exact) mass is 390 g/mol. The summed E-state index contributed by atoms with van der Waals surface area (Å²) in [4.78, 5) is 23.9. The molecule has 3 N–H and O–H groups in total. The van der Waals surface area contributed by atoms with Gasteiger partial charge in [0, 0.05) is 10.9 Å². The lowest BCUT2D eigenvalue weighted by Crippen LogP contribution is -2.49. The van der Waals surface area contributed by atoms with Crippen molar-refractivity contribution in [3.05, 3.63) is 64.6 Å². The third-order valence-electron chi connectivity index (χ3n) is 3.44. The topological polar surface area (TPSA) is 81.4 Å². The SMILES string of the molecule is CC(Oc1ccc(Br)cc1)C(=O)NC(Cc1ccccc1)C(N)=O. The van der Waals surface area contributed by atoms with Gasteiger partial charge in [-0.2, -0.15) is 0 Å². The van der Waals surface area contributed by atoms with Crippen LogP contribution in [-0.4, -0.2) is 24.0 Å². The molecule has 24 heavy (non-hydrogen) atoms. The second-order valence-electron chi connectivity index (χ2n) is 5.37. The van der Waals surface area contributed by atoms with Gasteiger partial charge in [-0.05, 0) is 36.8 Å². The zero-order valence-corrected chi connectivity index (χ0v) is 14.8. The molecule has 0 aliphatic carbocycles. The number of nitrogens with two attached hydrogens (primary N) is 1. The minimum atomic E-state index is -0.782. The fourth-order valence-electron chi connectivity index (χ4n) is 2.13. The molecule has 2 unspecified atom stereocenters. The van der Waals surface area contributed by atoms with Crippen LogP contribution < -0.4 is 15.8 Å². The van der Waals surface area contributed by atoms with Gasteiger partial charge < -0.3 is 15.8 Å². The smallest absolute Gasteiger partial charge is 0.261 e. The van der Waals surface area contributed by atoms with E-state index in [0.29, 0.717) is 12.2 Å². The van der Waals surface area contributed by atoms with Crippen LogP contribution in [0.15, 0.2) is 59.1 Å². The Labute approximate surface area is 149 Å². The molecule has 0 radical (unpaired) electrons. The standard InChI is InChI=1S/C18H19BrN2O3/c1-12(24-15-9-7-14(19)8-10-15)18(23)21-16(17(20)22)11-13-5-3-2-4-6-13/h2-10,12,16H,11H2,1H3,(H2,20,22)(H,21,23). The minimum absolute atomic E-state index is 0.340. The largest absolute Gasteiger partial charge is 0.481 e. The van der Waals surface area contributed by atoms with Gasteiger partial charge in [-0.25, -0.2) is 0 Å². The van der Waals surface area contributed by atoms with Gasteiger partial charge in [0.05, 0.1) is 0 Å². The molecule has 5 nitrogen and oxygen atoms in total. The van der Waals surface area contributed by atoms with Gasteiger partial charge in [0.15, 0.2) is 6.10 Å². The molecule has 0 aliphatic rings. The van der Waals surface area contributed by atoms with E-state index < -0.39 is 24.0 Å². The van der Waals surface area contributed by atoms with Crippen molar-refractivity contribution in [1.29, 1.82) is 0 Å². The van der Waals surface area contributed by atoms with Crippen LogP contribution in [0, 0.1) is 0 Å². The third-order valence-corrected chi connectivity index (χ3v) is 3.97. The van der Waals surface area contributed by atoms with E-state index in [9.17, 15) is 9.59 Å². The van der Waals surface area contributed by atoms with Crippen LogP contribution in [0.3, 0.4) is 0 Å². The first-order valence-corrected chi connectivity index (χ1v) is 8.31. The molecule has 6 heteroatoms. The fraction of sp³-hybridized carbons (Fsp3) is 0.222. The van der Waals surface area contributed by atoms with Crippen molar-refractivity contribution in [3.8, 4) is 5.75 Å². The molecule has 2 aromatic carbocycles. The van der Waals surface area contributed by atoms with E-state index >= 15 is 0 Å². The Morgan fingerprint density at radius 3 is 2.33 bits per heavy atom. The third kappa shape index (κ3) is 5.38. The summed E-state index contributed by atoms with van der Waals surface area (Å²) in [6, 6.07) is 15.7. The maximum Gasteiger partial charge on any atom is 0.261 e. The van der Waals surface area contributed by atoms with E-state index in [1.54, 1.807) is 19.1 Å². The first-order valence-electron chi connectivity index (χ1n) is 7.51. The van der Waals surface area contributed by atoms with Crippen molar-refractivity contribution in [2.75, 3.05) is 0 Å². The number of hydrogen-bond donors (Lipinski definition) is 2. The predicted octanol–water partition coefficient (Wildman–Crippen LogP) is 2.43. The van der Waals surface area contributed by atoms with E-state index in [1.165, 1.54) is 0 Å². The molecule has 0 bridgehead atoms. The quantitative estimate of drug-likeness (QED) is 0.761. The van der Waals surface area contributed by atoms with Crippen molar-refractivity contribution < 1.29 is 14.3 Å². The van der Waals surface area contributed by atoms with Crippen molar-refractivity contribution in [2.24, 2.45) is 5.73 Å². The average Bonchev–Trinajstić information content (AvgIpc) is 2.57. The molecule has 126 valence electrons. The Balaban J connectivity index is 1.96. The average molecular weight is 391 g/mol. The number of ether oxygens (including phenoxy) is 1. The highest BCUT2D eigenvalue weighted by Gasteiger charge is 2.23. The summed E-state index contributed by atoms with van der Waals surface area (Å²) >= 11 is 3.33. The van der Waals surface area contributed by atoms with E-state index in [1.807, 2.05) is 42.5 Å². The summed E-state index contributed by atoms with van der Waals surface area (Å²) in [5, 5.41) is 2.65. The molecule has 0 fully saturated rings. The van der Waals surface area contributed by atoms with Crippen LogP contribution in [0.4, 0.5) is 0 Å². The number of carbonyl (C=O) groups excluding carboxylic acids is 2. The molecule has 0 spiro atoms. The van der Waals surface area contributed by atoms with Crippen LogP contribution in [-0.2, 0) is 16.0 Å². The Hall–Kier alpha value is -2.34. The highest BCUT2D eigenvalue weighted by atomic mass is 79.9. The van der Waals surface area contributed by atoms with Crippen LogP contribution in [0.25, 0.3) is 0 Å². The van der Waals surface area contributed by atoms with Gasteiger partial charge in [0.2, 0.25) is 5.91 Å². The summed E-state index contributed by atoms with van der Waals surface area (Å²) in [5.41, 5.74) is 6.32. The van der Waals surface area contributed by atoms with E-state index in [-0.39, 0.29) is 0 Å². The van der Waals surface area contributed by atoms with E-state index in [0.717, 1.165) is 10.0 Å². The highest BCUT2D eigenvalue weighted by Crippen LogP contribution is 2.17. The second-order valence-corrected chi connectivity index (χ2v) is 6.28. The van der Waals surface area contributed by atoms with Gasteiger partial charge in [-0.3, -0.25) is 9.59 Å². The normalized spacial score (nSPS) is 12.9. The van der Waals surface area contributed by atoms with Gasteiger partial charge >= 0.3 is 0 Å². The zero-order chi connectivity index (χ0) is 17.5. The molecule has 2 amide bonds. The van der Waals surface area contributed by atoms with Crippen LogP contribution >= 0.6 is 15.9 Å². The van der Waals surface area contributed by atoms with Gasteiger partial charge in [0.25, 0.3) is 5.91 Å². The lowest BCUT2D eigenvalue weighted by Gasteiger charge is -2.19. The number of halogens is 1. The molecule has 2 rings (SSSR count). The number of primary amides is 1. The van der Waals surface area contributed by atoms with Crippen molar-refractivity contribution in [1.82, 2.24) is 5.32 Å². The molecule has 2 aromatic rings. The van der Waals surface area contributed by atoms with Crippen molar-refractivity contribution >= 4 is 27.7 Å². The Bertz CT molecular complexity index is 689. The van der Waals surface area contributed by atoms with E-state index in [2.05, 4.69) is 21.2 Å². The maximum absolute atomic E-state index is 12.3.